The molecule has 0 unspecified atom stereocenters. The van der Waals surface area contributed by atoms with Crippen LogP contribution in [0.4, 0.5) is 0 Å². The molecule has 0 amide bonds. The van der Waals surface area contributed by atoms with E-state index in [2.05, 4.69) is 16.5 Å². The number of carbonyl (C=O) groups is 1. The van der Waals surface area contributed by atoms with Gasteiger partial charge in [0.25, 0.3) is 0 Å². The van der Waals surface area contributed by atoms with Gasteiger partial charge in [-0.3, -0.25) is 0 Å². The average Bonchev–Trinajstić information content (AvgIpc) is 3.05. The molecule has 0 atom stereocenters. The summed E-state index contributed by atoms with van der Waals surface area (Å²) in [4.78, 5) is 16.4. The summed E-state index contributed by atoms with van der Waals surface area (Å²) in [6.07, 6.45) is 5.60. The normalized spacial score (nSPS) is 11.6. The third-order valence-corrected chi connectivity index (χ3v) is 4.93. The van der Waals surface area contributed by atoms with Crippen molar-refractivity contribution in [1.29, 1.82) is 0 Å². The molecule has 4 nitrogen and oxygen atoms in total. The molecule has 1 N–H and O–H groups in total. The zero-order valence-electron chi connectivity index (χ0n) is 15.8. The van der Waals surface area contributed by atoms with E-state index in [-0.39, 0.29) is 0 Å². The number of rotatable bonds is 8. The van der Waals surface area contributed by atoms with Gasteiger partial charge in [0.2, 0.25) is 0 Å². The van der Waals surface area contributed by atoms with Gasteiger partial charge in [-0.1, -0.05) is 67.1 Å². The Hall–Kier alpha value is -2.85. The van der Waals surface area contributed by atoms with Crippen LogP contribution in [0.2, 0.25) is 5.02 Å². The summed E-state index contributed by atoms with van der Waals surface area (Å²) in [5.74, 6) is 0.00417. The predicted octanol–water partition coefficient (Wildman–Crippen LogP) is 5.25. The molecule has 1 aromatic heterocycles. The van der Waals surface area contributed by atoms with Gasteiger partial charge in [0, 0.05) is 23.4 Å². The first-order valence-corrected chi connectivity index (χ1v) is 9.72. The van der Waals surface area contributed by atoms with E-state index in [0.29, 0.717) is 23.6 Å². The molecular formula is C23H23ClN2O2. The van der Waals surface area contributed by atoms with Gasteiger partial charge in [-0.2, -0.15) is 0 Å². The fraction of sp³-hybridized carbons (Fsp3) is 0.217. The summed E-state index contributed by atoms with van der Waals surface area (Å²) < 4.78 is 2.05. The van der Waals surface area contributed by atoms with Crippen molar-refractivity contribution < 1.29 is 9.90 Å². The predicted molar refractivity (Wildman–Crippen MR) is 113 cm³/mol. The Balaban J connectivity index is 1.98. The van der Waals surface area contributed by atoms with E-state index in [1.54, 1.807) is 12.3 Å². The van der Waals surface area contributed by atoms with Crippen molar-refractivity contribution in [3.05, 3.63) is 94.0 Å². The van der Waals surface area contributed by atoms with E-state index in [1.807, 2.05) is 54.6 Å². The highest BCUT2D eigenvalue weighted by atomic mass is 35.5. The molecule has 0 radical (unpaired) electrons. The molecule has 3 rings (SSSR count). The average molecular weight is 395 g/mol. The first-order valence-electron chi connectivity index (χ1n) is 9.34. The summed E-state index contributed by atoms with van der Waals surface area (Å²) in [7, 11) is 0. The number of imidazole rings is 1. The van der Waals surface area contributed by atoms with Gasteiger partial charge < -0.3 is 9.67 Å². The number of halogens is 1. The molecule has 3 aromatic rings. The summed E-state index contributed by atoms with van der Waals surface area (Å²) in [5, 5.41) is 10.4. The van der Waals surface area contributed by atoms with E-state index in [4.69, 9.17) is 11.6 Å². The number of aliphatic carboxylic acids is 1. The molecule has 0 saturated heterocycles. The largest absolute Gasteiger partial charge is 0.478 e. The third-order valence-electron chi connectivity index (χ3n) is 4.56. The quantitative estimate of drug-likeness (QED) is 0.531. The number of hydrogen-bond donors (Lipinski definition) is 1. The van der Waals surface area contributed by atoms with Crippen molar-refractivity contribution in [2.45, 2.75) is 32.7 Å². The lowest BCUT2D eigenvalue weighted by Gasteiger charge is -2.12. The van der Waals surface area contributed by atoms with Crippen LogP contribution < -0.4 is 0 Å². The van der Waals surface area contributed by atoms with Crippen molar-refractivity contribution in [2.24, 2.45) is 0 Å². The van der Waals surface area contributed by atoms with Crippen LogP contribution in [0, 0.1) is 0 Å². The Morgan fingerprint density at radius 1 is 1.14 bits per heavy atom. The van der Waals surface area contributed by atoms with Gasteiger partial charge in [0.1, 0.15) is 5.82 Å². The van der Waals surface area contributed by atoms with Crippen molar-refractivity contribution in [3.8, 4) is 0 Å². The lowest BCUT2D eigenvalue weighted by Crippen LogP contribution is -2.09. The Kier molecular flexibility index (Phi) is 6.66. The van der Waals surface area contributed by atoms with E-state index < -0.39 is 5.97 Å². The zero-order chi connectivity index (χ0) is 19.9. The maximum Gasteiger partial charge on any atom is 0.331 e. The molecule has 0 bridgehead atoms. The first-order chi connectivity index (χ1) is 13.6. The Bertz CT molecular complexity index is 977. The Morgan fingerprint density at radius 3 is 2.54 bits per heavy atom. The third kappa shape index (κ3) is 4.90. The summed E-state index contributed by atoms with van der Waals surface area (Å²) in [6, 6.07) is 17.3. The Labute approximate surface area is 170 Å². The van der Waals surface area contributed by atoms with Crippen LogP contribution >= 0.6 is 11.6 Å². The number of hydrogen-bond acceptors (Lipinski definition) is 2. The number of benzene rings is 2. The standard InChI is InChI=1S/C23H23ClN2O2/c1-2-8-22-25-15-20(26(22)16-18-11-6-7-12-21(18)24)14-19(23(27)28)13-17-9-4-3-5-10-17/h3-7,9-12,14-15H,2,8,13,16H2,1H3,(H,27,28)/b19-14+. The molecule has 0 spiro atoms. The second kappa shape index (κ2) is 9.38. The molecule has 2 aromatic carbocycles. The van der Waals surface area contributed by atoms with Gasteiger partial charge in [0.05, 0.1) is 18.4 Å². The lowest BCUT2D eigenvalue weighted by molar-refractivity contribution is -0.132. The van der Waals surface area contributed by atoms with Crippen LogP contribution in [0.15, 0.2) is 66.4 Å². The van der Waals surface area contributed by atoms with Crippen LogP contribution in [-0.4, -0.2) is 20.6 Å². The molecule has 0 aliphatic heterocycles. The summed E-state index contributed by atoms with van der Waals surface area (Å²) in [5.41, 5.74) is 3.04. The number of carboxylic acids is 1. The molecule has 5 heteroatoms. The highest BCUT2D eigenvalue weighted by Crippen LogP contribution is 2.21. The number of carboxylic acid groups (broad SMARTS) is 1. The molecule has 1 heterocycles. The van der Waals surface area contributed by atoms with Crippen LogP contribution in [-0.2, 0) is 24.2 Å². The first kappa shape index (κ1) is 19.9. The minimum atomic E-state index is -0.925. The van der Waals surface area contributed by atoms with Crippen LogP contribution in [0.5, 0.6) is 0 Å². The maximum absolute atomic E-state index is 11.8. The number of aryl methyl sites for hydroxylation is 1. The summed E-state index contributed by atoms with van der Waals surface area (Å²) in [6.45, 7) is 2.65. The van der Waals surface area contributed by atoms with Crippen molar-refractivity contribution >= 4 is 23.6 Å². The van der Waals surface area contributed by atoms with Crippen LogP contribution in [0.1, 0.15) is 36.0 Å². The second-order valence-electron chi connectivity index (χ2n) is 6.66. The van der Waals surface area contributed by atoms with Gasteiger partial charge >= 0.3 is 5.97 Å². The number of aromatic nitrogens is 2. The highest BCUT2D eigenvalue weighted by Gasteiger charge is 2.14. The molecule has 144 valence electrons. The number of nitrogens with zero attached hydrogens (tertiary/aromatic N) is 2. The monoisotopic (exact) mass is 394 g/mol. The molecule has 0 saturated carbocycles. The molecule has 28 heavy (non-hydrogen) atoms. The fourth-order valence-electron chi connectivity index (χ4n) is 3.13. The molecule has 0 aliphatic rings. The van der Waals surface area contributed by atoms with E-state index in [0.717, 1.165) is 35.5 Å². The smallest absolute Gasteiger partial charge is 0.331 e. The molecule has 0 aliphatic carbocycles. The van der Waals surface area contributed by atoms with Crippen molar-refractivity contribution in [3.63, 3.8) is 0 Å². The second-order valence-corrected chi connectivity index (χ2v) is 7.07. The van der Waals surface area contributed by atoms with Gasteiger partial charge in [-0.25, -0.2) is 9.78 Å². The van der Waals surface area contributed by atoms with E-state index >= 15 is 0 Å². The van der Waals surface area contributed by atoms with Gasteiger partial charge in [-0.15, -0.1) is 0 Å². The molecular weight excluding hydrogens is 372 g/mol. The van der Waals surface area contributed by atoms with Gasteiger partial charge in [-0.05, 0) is 29.7 Å². The topological polar surface area (TPSA) is 55.1 Å². The van der Waals surface area contributed by atoms with Crippen LogP contribution in [0.3, 0.4) is 0 Å². The van der Waals surface area contributed by atoms with Crippen molar-refractivity contribution in [1.82, 2.24) is 9.55 Å². The van der Waals surface area contributed by atoms with E-state index in [1.165, 1.54) is 0 Å². The molecule has 0 fully saturated rings. The SMILES string of the molecule is CCCc1ncc(/C=C(\Cc2ccccc2)C(=O)O)n1Cc1ccccc1Cl. The van der Waals surface area contributed by atoms with Gasteiger partial charge in [0.15, 0.2) is 0 Å². The minimum Gasteiger partial charge on any atom is -0.478 e. The Morgan fingerprint density at radius 2 is 1.86 bits per heavy atom. The van der Waals surface area contributed by atoms with E-state index in [9.17, 15) is 9.90 Å². The fourth-order valence-corrected chi connectivity index (χ4v) is 3.33. The minimum absolute atomic E-state index is 0.328. The highest BCUT2D eigenvalue weighted by molar-refractivity contribution is 6.31. The zero-order valence-corrected chi connectivity index (χ0v) is 16.6. The van der Waals surface area contributed by atoms with Crippen LogP contribution in [0.25, 0.3) is 6.08 Å². The van der Waals surface area contributed by atoms with Crippen molar-refractivity contribution in [2.75, 3.05) is 0 Å². The lowest BCUT2D eigenvalue weighted by atomic mass is 10.0. The maximum atomic E-state index is 11.8. The summed E-state index contributed by atoms with van der Waals surface area (Å²) >= 11 is 6.34.